The summed E-state index contributed by atoms with van der Waals surface area (Å²) < 4.78 is 5.01. The molecule has 1 aliphatic rings. The molecule has 1 N–H and O–H groups in total. The number of aryl methyl sites for hydroxylation is 1. The maximum atomic E-state index is 12.8. The fraction of sp³-hybridized carbons (Fsp3) is 0.600. The molecular weight excluding hydrogens is 316 g/mol. The van der Waals surface area contributed by atoms with E-state index in [-0.39, 0.29) is 24.5 Å². The lowest BCUT2D eigenvalue weighted by Gasteiger charge is -2.34. The number of nitrogens with zero attached hydrogens (tertiary/aromatic N) is 1. The third-order valence-corrected chi connectivity index (χ3v) is 4.75. The first-order chi connectivity index (χ1) is 12.1. The van der Waals surface area contributed by atoms with Gasteiger partial charge in [-0.15, -0.1) is 0 Å². The van der Waals surface area contributed by atoms with Crippen molar-refractivity contribution < 1.29 is 14.3 Å². The molecule has 2 amide bonds. The van der Waals surface area contributed by atoms with Crippen LogP contribution in [0, 0.1) is 0 Å². The monoisotopic (exact) mass is 346 g/mol. The van der Waals surface area contributed by atoms with Crippen molar-refractivity contribution >= 4 is 17.7 Å². The Labute approximate surface area is 150 Å². The Balaban J connectivity index is 2.00. The quantitative estimate of drug-likeness (QED) is 0.746. The first-order valence-electron chi connectivity index (χ1n) is 9.46. The van der Waals surface area contributed by atoms with Crippen molar-refractivity contribution in [3.05, 3.63) is 29.8 Å². The minimum Gasteiger partial charge on any atom is -0.466 e. The van der Waals surface area contributed by atoms with Gasteiger partial charge in [0.05, 0.1) is 13.0 Å². The minimum absolute atomic E-state index is 0.125. The van der Waals surface area contributed by atoms with Crippen molar-refractivity contribution in [3.63, 3.8) is 0 Å². The predicted molar refractivity (Wildman–Crippen MR) is 99.7 cm³/mol. The number of hydrogen-bond acceptors (Lipinski definition) is 3. The van der Waals surface area contributed by atoms with E-state index in [0.717, 1.165) is 37.8 Å². The summed E-state index contributed by atoms with van der Waals surface area (Å²) in [4.78, 5) is 26.3. The third-order valence-electron chi connectivity index (χ3n) is 4.75. The average Bonchev–Trinajstić information content (AvgIpc) is 2.63. The summed E-state index contributed by atoms with van der Waals surface area (Å²) in [6.07, 6.45) is 6.73. The molecule has 1 aromatic carbocycles. The van der Waals surface area contributed by atoms with Crippen LogP contribution in [0.1, 0.15) is 57.9 Å². The first-order valence-corrected chi connectivity index (χ1v) is 9.46. The van der Waals surface area contributed by atoms with Gasteiger partial charge in [0.1, 0.15) is 0 Å². The van der Waals surface area contributed by atoms with Crippen LogP contribution in [-0.4, -0.2) is 36.1 Å². The molecule has 25 heavy (non-hydrogen) atoms. The molecule has 0 unspecified atom stereocenters. The van der Waals surface area contributed by atoms with E-state index in [1.165, 1.54) is 12.0 Å². The molecule has 5 heteroatoms. The van der Waals surface area contributed by atoms with Crippen LogP contribution in [0.5, 0.6) is 0 Å². The van der Waals surface area contributed by atoms with E-state index in [4.69, 9.17) is 4.74 Å². The number of benzene rings is 1. The second-order valence-corrected chi connectivity index (χ2v) is 6.52. The number of carbonyl (C=O) groups excluding carboxylic acids is 2. The van der Waals surface area contributed by atoms with Gasteiger partial charge in [-0.1, -0.05) is 38.3 Å². The number of rotatable bonds is 7. The van der Waals surface area contributed by atoms with Crippen molar-refractivity contribution in [1.82, 2.24) is 4.90 Å². The van der Waals surface area contributed by atoms with Crippen molar-refractivity contribution in [2.75, 3.05) is 18.5 Å². The highest BCUT2D eigenvalue weighted by atomic mass is 16.5. The smallest absolute Gasteiger partial charge is 0.322 e. The largest absolute Gasteiger partial charge is 0.466 e. The van der Waals surface area contributed by atoms with E-state index in [9.17, 15) is 9.59 Å². The molecule has 0 bridgehead atoms. The highest BCUT2D eigenvalue weighted by molar-refractivity contribution is 5.89. The summed E-state index contributed by atoms with van der Waals surface area (Å²) >= 11 is 0. The van der Waals surface area contributed by atoms with Gasteiger partial charge in [-0.3, -0.25) is 4.79 Å². The maximum Gasteiger partial charge on any atom is 0.322 e. The predicted octanol–water partition coefficient (Wildman–Crippen LogP) is 4.37. The molecule has 0 atom stereocenters. The SMILES string of the molecule is CCOC(=O)CCN(C(=O)Nc1ccc(CC)cc1)C1CCCCC1. The molecule has 0 spiro atoms. The fourth-order valence-electron chi connectivity index (χ4n) is 3.31. The first kappa shape index (κ1) is 19.3. The molecule has 0 heterocycles. The topological polar surface area (TPSA) is 58.6 Å². The summed E-state index contributed by atoms with van der Waals surface area (Å²) in [5.74, 6) is -0.247. The van der Waals surface area contributed by atoms with Gasteiger partial charge < -0.3 is 15.0 Å². The van der Waals surface area contributed by atoms with Gasteiger partial charge in [0, 0.05) is 18.3 Å². The average molecular weight is 346 g/mol. The Kier molecular flexibility index (Phi) is 7.76. The normalized spacial score (nSPS) is 14.8. The van der Waals surface area contributed by atoms with Crippen LogP contribution >= 0.6 is 0 Å². The number of anilines is 1. The molecule has 5 nitrogen and oxygen atoms in total. The van der Waals surface area contributed by atoms with Crippen LogP contribution in [0.2, 0.25) is 0 Å². The molecule has 1 saturated carbocycles. The standard InChI is InChI=1S/C20H30N2O3/c1-3-16-10-12-17(13-11-16)21-20(24)22(15-14-19(23)25-4-2)18-8-6-5-7-9-18/h10-13,18H,3-9,14-15H2,1-2H3,(H,21,24). The zero-order valence-corrected chi connectivity index (χ0v) is 15.4. The van der Waals surface area contributed by atoms with Crippen LogP contribution in [0.25, 0.3) is 0 Å². The van der Waals surface area contributed by atoms with E-state index in [2.05, 4.69) is 12.2 Å². The highest BCUT2D eigenvalue weighted by Gasteiger charge is 2.26. The minimum atomic E-state index is -0.247. The number of urea groups is 1. The number of nitrogens with one attached hydrogen (secondary N) is 1. The molecule has 2 rings (SSSR count). The van der Waals surface area contributed by atoms with Crippen LogP contribution in [0.4, 0.5) is 10.5 Å². The molecule has 1 aliphatic carbocycles. The lowest BCUT2D eigenvalue weighted by molar-refractivity contribution is -0.143. The molecule has 0 aromatic heterocycles. The Morgan fingerprint density at radius 3 is 2.40 bits per heavy atom. The van der Waals surface area contributed by atoms with Crippen LogP contribution < -0.4 is 5.32 Å². The third kappa shape index (κ3) is 6.07. The fourth-order valence-corrected chi connectivity index (χ4v) is 3.31. The van der Waals surface area contributed by atoms with Crippen molar-refractivity contribution in [2.24, 2.45) is 0 Å². The Morgan fingerprint density at radius 2 is 1.80 bits per heavy atom. The number of ether oxygens (including phenoxy) is 1. The van der Waals surface area contributed by atoms with Gasteiger partial charge >= 0.3 is 12.0 Å². The van der Waals surface area contributed by atoms with E-state index in [0.29, 0.717) is 13.2 Å². The second kappa shape index (κ2) is 10.1. The zero-order chi connectivity index (χ0) is 18.1. The van der Waals surface area contributed by atoms with Gasteiger partial charge in [0.15, 0.2) is 0 Å². The lowest BCUT2D eigenvalue weighted by atomic mass is 9.94. The summed E-state index contributed by atoms with van der Waals surface area (Å²) in [7, 11) is 0. The molecule has 1 aromatic rings. The van der Waals surface area contributed by atoms with Crippen molar-refractivity contribution in [2.45, 2.75) is 64.8 Å². The van der Waals surface area contributed by atoms with E-state index < -0.39 is 0 Å². The summed E-state index contributed by atoms with van der Waals surface area (Å²) in [6.45, 7) is 4.68. The zero-order valence-electron chi connectivity index (χ0n) is 15.4. The Bertz CT molecular complexity index is 551. The van der Waals surface area contributed by atoms with Gasteiger partial charge in [0.2, 0.25) is 0 Å². The molecule has 1 fully saturated rings. The molecular formula is C20H30N2O3. The molecule has 0 saturated heterocycles. The number of carbonyl (C=O) groups is 2. The van der Waals surface area contributed by atoms with Crippen molar-refractivity contribution in [1.29, 1.82) is 0 Å². The molecule has 138 valence electrons. The lowest BCUT2D eigenvalue weighted by Crippen LogP contribution is -2.45. The molecule has 0 aliphatic heterocycles. The van der Waals surface area contributed by atoms with E-state index in [1.807, 2.05) is 29.2 Å². The van der Waals surface area contributed by atoms with Gasteiger partial charge in [0.25, 0.3) is 0 Å². The summed E-state index contributed by atoms with van der Waals surface area (Å²) in [6, 6.07) is 8.00. The Hall–Kier alpha value is -2.04. The summed E-state index contributed by atoms with van der Waals surface area (Å²) in [5.41, 5.74) is 2.03. The number of esters is 1. The van der Waals surface area contributed by atoms with Crippen LogP contribution in [0.15, 0.2) is 24.3 Å². The van der Waals surface area contributed by atoms with Crippen LogP contribution in [0.3, 0.4) is 0 Å². The number of hydrogen-bond donors (Lipinski definition) is 1. The van der Waals surface area contributed by atoms with E-state index in [1.54, 1.807) is 6.92 Å². The highest BCUT2D eigenvalue weighted by Crippen LogP contribution is 2.24. The van der Waals surface area contributed by atoms with Gasteiger partial charge in [-0.05, 0) is 43.9 Å². The van der Waals surface area contributed by atoms with E-state index >= 15 is 0 Å². The van der Waals surface area contributed by atoms with Gasteiger partial charge in [-0.2, -0.15) is 0 Å². The molecule has 0 radical (unpaired) electrons. The Morgan fingerprint density at radius 1 is 1.12 bits per heavy atom. The number of amides is 2. The maximum absolute atomic E-state index is 12.8. The van der Waals surface area contributed by atoms with Crippen LogP contribution in [-0.2, 0) is 16.0 Å². The summed E-state index contributed by atoms with van der Waals surface area (Å²) in [5, 5.41) is 2.98. The van der Waals surface area contributed by atoms with Gasteiger partial charge in [-0.25, -0.2) is 4.79 Å². The second-order valence-electron chi connectivity index (χ2n) is 6.52. The van der Waals surface area contributed by atoms with Crippen molar-refractivity contribution in [3.8, 4) is 0 Å².